The number of phosphoric ester groups is 1. The van der Waals surface area contributed by atoms with Gasteiger partial charge in [0.1, 0.15) is 11.8 Å². The molecule has 156 valence electrons. The summed E-state index contributed by atoms with van der Waals surface area (Å²) in [5.41, 5.74) is 2.95. The average molecular weight is 432 g/mol. The van der Waals surface area contributed by atoms with Gasteiger partial charge in [-0.3, -0.25) is 14.4 Å². The standard InChI is InChI=1S/C17H17N6O6P/c1-22-20-16(19-21-22)15-7-4-12(8-18-15)11-2-5-13(6-3-11)23-9-14(29-17(23)24)10-28-30(25,26)27/h2-8,14H,9-10H2,1H3,(H2,25,26,27)/t14-/m1/s1. The molecule has 30 heavy (non-hydrogen) atoms. The first-order valence-electron chi connectivity index (χ1n) is 8.77. The number of carbonyl (C=O) groups excluding carboxylic acids is 1. The van der Waals surface area contributed by atoms with E-state index in [1.807, 2.05) is 18.2 Å². The van der Waals surface area contributed by atoms with Crippen LogP contribution in [0.1, 0.15) is 0 Å². The smallest absolute Gasteiger partial charge is 0.441 e. The fourth-order valence-corrected chi connectivity index (χ4v) is 3.28. The molecule has 12 nitrogen and oxygen atoms in total. The minimum absolute atomic E-state index is 0.125. The Morgan fingerprint density at radius 2 is 1.93 bits per heavy atom. The molecule has 1 atom stereocenters. The molecule has 2 aromatic heterocycles. The van der Waals surface area contributed by atoms with Crippen molar-refractivity contribution in [3.63, 3.8) is 0 Å². The quantitative estimate of drug-likeness (QED) is 0.546. The number of amides is 1. The van der Waals surface area contributed by atoms with Gasteiger partial charge in [-0.25, -0.2) is 9.36 Å². The molecule has 3 aromatic rings. The number of cyclic esters (lactones) is 1. The van der Waals surface area contributed by atoms with Crippen molar-refractivity contribution in [2.24, 2.45) is 7.05 Å². The summed E-state index contributed by atoms with van der Waals surface area (Å²) in [6, 6.07) is 10.8. The van der Waals surface area contributed by atoms with E-state index < -0.39 is 20.0 Å². The lowest BCUT2D eigenvalue weighted by Crippen LogP contribution is -2.25. The lowest BCUT2D eigenvalue weighted by molar-refractivity contribution is 0.0880. The van der Waals surface area contributed by atoms with Crippen molar-refractivity contribution in [2.45, 2.75) is 6.10 Å². The van der Waals surface area contributed by atoms with E-state index in [4.69, 9.17) is 14.5 Å². The van der Waals surface area contributed by atoms with E-state index in [0.29, 0.717) is 17.2 Å². The molecule has 0 saturated carbocycles. The average Bonchev–Trinajstić information content (AvgIpc) is 3.32. The highest BCUT2D eigenvalue weighted by Gasteiger charge is 2.34. The van der Waals surface area contributed by atoms with Crippen LogP contribution in [0, 0.1) is 0 Å². The van der Waals surface area contributed by atoms with Gasteiger partial charge in [-0.05, 0) is 29.0 Å². The summed E-state index contributed by atoms with van der Waals surface area (Å²) in [5, 5.41) is 11.8. The maximum absolute atomic E-state index is 12.1. The molecule has 2 N–H and O–H groups in total. The number of nitrogens with zero attached hydrogens (tertiary/aromatic N) is 6. The molecule has 1 aromatic carbocycles. The highest BCUT2D eigenvalue weighted by atomic mass is 31.2. The highest BCUT2D eigenvalue weighted by Crippen LogP contribution is 2.36. The van der Waals surface area contributed by atoms with Crippen LogP contribution in [0.4, 0.5) is 10.5 Å². The van der Waals surface area contributed by atoms with E-state index >= 15 is 0 Å². The molecule has 0 unspecified atom stereocenters. The number of hydrogen-bond donors (Lipinski definition) is 2. The van der Waals surface area contributed by atoms with Crippen molar-refractivity contribution >= 4 is 19.6 Å². The summed E-state index contributed by atoms with van der Waals surface area (Å²) < 4.78 is 20.3. The van der Waals surface area contributed by atoms with E-state index in [1.165, 1.54) is 9.70 Å². The van der Waals surface area contributed by atoms with Gasteiger partial charge in [0.05, 0.1) is 20.2 Å². The summed E-state index contributed by atoms with van der Waals surface area (Å²) in [6.07, 6.45) is 0.320. The van der Waals surface area contributed by atoms with Crippen molar-refractivity contribution in [2.75, 3.05) is 18.1 Å². The largest absolute Gasteiger partial charge is 0.469 e. The zero-order valence-electron chi connectivity index (χ0n) is 15.7. The normalized spacial score (nSPS) is 16.7. The van der Waals surface area contributed by atoms with Crippen LogP contribution in [0.3, 0.4) is 0 Å². The Morgan fingerprint density at radius 3 is 2.53 bits per heavy atom. The Morgan fingerprint density at radius 1 is 1.20 bits per heavy atom. The van der Waals surface area contributed by atoms with E-state index in [-0.39, 0.29) is 13.2 Å². The van der Waals surface area contributed by atoms with E-state index in [9.17, 15) is 9.36 Å². The van der Waals surface area contributed by atoms with Crippen molar-refractivity contribution in [3.05, 3.63) is 42.6 Å². The van der Waals surface area contributed by atoms with Gasteiger partial charge in [0.25, 0.3) is 0 Å². The summed E-state index contributed by atoms with van der Waals surface area (Å²) >= 11 is 0. The summed E-state index contributed by atoms with van der Waals surface area (Å²) in [5.74, 6) is 0.434. The number of anilines is 1. The van der Waals surface area contributed by atoms with Crippen LogP contribution in [0.15, 0.2) is 42.6 Å². The van der Waals surface area contributed by atoms with Gasteiger partial charge >= 0.3 is 13.9 Å². The molecule has 0 aliphatic carbocycles. The fourth-order valence-electron chi connectivity index (χ4n) is 2.92. The van der Waals surface area contributed by atoms with Gasteiger partial charge in [0.15, 0.2) is 0 Å². The third kappa shape index (κ3) is 4.52. The summed E-state index contributed by atoms with van der Waals surface area (Å²) in [6.45, 7) is -0.261. The third-order valence-corrected chi connectivity index (χ3v) is 4.80. The molecule has 0 spiro atoms. The topological polar surface area (TPSA) is 153 Å². The molecule has 1 aliphatic rings. The fraction of sp³-hybridized carbons (Fsp3) is 0.235. The first-order chi connectivity index (χ1) is 14.3. The molecule has 1 fully saturated rings. The number of pyridine rings is 1. The molecule has 3 heterocycles. The van der Waals surface area contributed by atoms with Crippen LogP contribution in [-0.2, 0) is 20.9 Å². The minimum Gasteiger partial charge on any atom is -0.441 e. The van der Waals surface area contributed by atoms with E-state index in [2.05, 4.69) is 24.9 Å². The SMILES string of the molecule is Cn1nnc(-c2ccc(-c3ccc(N4C[C@H](COP(=O)(O)O)OC4=O)cc3)cn2)n1. The molecular weight excluding hydrogens is 415 g/mol. The van der Waals surface area contributed by atoms with Gasteiger partial charge in [0, 0.05) is 17.4 Å². The molecule has 13 heteroatoms. The second kappa shape index (κ2) is 7.92. The number of tetrazole rings is 1. The summed E-state index contributed by atoms with van der Waals surface area (Å²) in [7, 11) is -2.94. The number of ether oxygens (including phenoxy) is 1. The monoisotopic (exact) mass is 432 g/mol. The van der Waals surface area contributed by atoms with Crippen molar-refractivity contribution < 1.29 is 28.4 Å². The second-order valence-corrected chi connectivity index (χ2v) is 7.72. The van der Waals surface area contributed by atoms with Gasteiger partial charge in [-0.2, -0.15) is 4.80 Å². The lowest BCUT2D eigenvalue weighted by Gasteiger charge is -2.14. The first kappa shape index (κ1) is 20.1. The van der Waals surface area contributed by atoms with Crippen LogP contribution >= 0.6 is 7.82 Å². The van der Waals surface area contributed by atoms with Gasteiger partial charge in [0.2, 0.25) is 5.82 Å². The Balaban J connectivity index is 1.44. The minimum atomic E-state index is -4.62. The van der Waals surface area contributed by atoms with E-state index in [1.54, 1.807) is 31.4 Å². The molecule has 4 rings (SSSR count). The predicted molar refractivity (Wildman–Crippen MR) is 103 cm³/mol. The number of phosphoric acid groups is 1. The predicted octanol–water partition coefficient (Wildman–Crippen LogP) is 1.37. The molecule has 1 saturated heterocycles. The zero-order chi connectivity index (χ0) is 21.3. The first-order valence-corrected chi connectivity index (χ1v) is 10.3. The van der Waals surface area contributed by atoms with Crippen LogP contribution in [0.25, 0.3) is 22.6 Å². The Hall–Kier alpha value is -3.18. The number of aryl methyl sites for hydroxylation is 1. The number of benzene rings is 1. The summed E-state index contributed by atoms with van der Waals surface area (Å²) in [4.78, 5) is 36.7. The van der Waals surface area contributed by atoms with Crippen LogP contribution in [-0.4, -0.2) is 60.3 Å². The molecule has 1 aliphatic heterocycles. The Bertz CT molecular complexity index is 1100. The van der Waals surface area contributed by atoms with Crippen molar-refractivity contribution in [1.82, 2.24) is 25.2 Å². The van der Waals surface area contributed by atoms with Gasteiger partial charge in [-0.15, -0.1) is 10.2 Å². The van der Waals surface area contributed by atoms with E-state index in [0.717, 1.165) is 11.1 Å². The zero-order valence-corrected chi connectivity index (χ0v) is 16.6. The molecule has 0 bridgehead atoms. The maximum Gasteiger partial charge on any atom is 0.469 e. The van der Waals surface area contributed by atoms with Crippen molar-refractivity contribution in [1.29, 1.82) is 0 Å². The second-order valence-electron chi connectivity index (χ2n) is 6.48. The third-order valence-electron chi connectivity index (χ3n) is 4.32. The van der Waals surface area contributed by atoms with Gasteiger partial charge < -0.3 is 14.5 Å². The molecule has 0 radical (unpaired) electrons. The Labute approximate surface area is 170 Å². The van der Waals surface area contributed by atoms with Crippen molar-refractivity contribution in [3.8, 4) is 22.6 Å². The highest BCUT2D eigenvalue weighted by molar-refractivity contribution is 7.46. The molecule has 1 amide bonds. The lowest BCUT2D eigenvalue weighted by atomic mass is 10.1. The number of aromatic nitrogens is 5. The Kier molecular flexibility index (Phi) is 5.31. The van der Waals surface area contributed by atoms with Gasteiger partial charge in [-0.1, -0.05) is 18.2 Å². The number of rotatable bonds is 6. The van der Waals surface area contributed by atoms with Crippen LogP contribution in [0.2, 0.25) is 0 Å². The maximum atomic E-state index is 12.1. The van der Waals surface area contributed by atoms with Crippen LogP contribution < -0.4 is 4.90 Å². The number of hydrogen-bond acceptors (Lipinski definition) is 8. The van der Waals surface area contributed by atoms with Crippen LogP contribution in [0.5, 0.6) is 0 Å². The number of carbonyl (C=O) groups is 1. The molecular formula is C17H17N6O6P.